The molecule has 1 heterocycles. The van der Waals surface area contributed by atoms with Gasteiger partial charge in [-0.25, -0.2) is 4.99 Å². The van der Waals surface area contributed by atoms with Gasteiger partial charge >= 0.3 is 0 Å². The van der Waals surface area contributed by atoms with Crippen LogP contribution in [-0.2, 0) is 6.54 Å². The van der Waals surface area contributed by atoms with Gasteiger partial charge in [-0.2, -0.15) is 0 Å². The van der Waals surface area contributed by atoms with E-state index in [0.29, 0.717) is 5.92 Å². The van der Waals surface area contributed by atoms with Crippen molar-refractivity contribution in [1.29, 1.82) is 0 Å². The first-order chi connectivity index (χ1) is 12.6. The minimum absolute atomic E-state index is 0.0944. The molecule has 1 saturated carbocycles. The van der Waals surface area contributed by atoms with Crippen LogP contribution in [0.5, 0.6) is 0 Å². The third-order valence-electron chi connectivity index (χ3n) is 5.56. The minimum Gasteiger partial charge on any atom is -0.371 e. The number of fused-ring (bicyclic) bond motifs is 1. The van der Waals surface area contributed by atoms with Gasteiger partial charge in [0.25, 0.3) is 0 Å². The number of aliphatic imine (C=N–C) groups is 1. The average molecular weight is 368 g/mol. The number of halogens is 1. The average Bonchev–Trinajstić information content (AvgIpc) is 2.81. The van der Waals surface area contributed by atoms with Crippen molar-refractivity contribution in [2.75, 3.05) is 5.32 Å². The quantitative estimate of drug-likeness (QED) is 0.690. The minimum atomic E-state index is -0.0944. The fourth-order valence-electron chi connectivity index (χ4n) is 4.31. The Morgan fingerprint density at radius 2 is 2.08 bits per heavy atom. The van der Waals surface area contributed by atoms with Crippen LogP contribution >= 0.6 is 11.6 Å². The second-order valence-electron chi connectivity index (χ2n) is 7.72. The van der Waals surface area contributed by atoms with Crippen LogP contribution in [0.2, 0.25) is 5.02 Å². The Morgan fingerprint density at radius 3 is 2.96 bits per heavy atom. The fourth-order valence-corrected chi connectivity index (χ4v) is 4.52. The van der Waals surface area contributed by atoms with Crippen LogP contribution in [0.1, 0.15) is 44.6 Å². The molecule has 0 saturated heterocycles. The van der Waals surface area contributed by atoms with Crippen LogP contribution in [0.3, 0.4) is 0 Å². The van der Waals surface area contributed by atoms with Crippen LogP contribution < -0.4 is 10.6 Å². The van der Waals surface area contributed by atoms with E-state index in [0.717, 1.165) is 41.6 Å². The fraction of sp³-hybridized carbons (Fsp3) is 0.409. The molecular formula is C22H26ClN3. The predicted octanol–water partition coefficient (Wildman–Crippen LogP) is 5.92. The molecule has 2 atom stereocenters. The van der Waals surface area contributed by atoms with E-state index in [9.17, 15) is 0 Å². The molecule has 1 fully saturated rings. The SMILES string of the molecule is CC1CCCCC2(C1)Nc1ccccc1N=C2NCc1cccc(Cl)c1. The van der Waals surface area contributed by atoms with Crippen molar-refractivity contribution in [1.82, 2.24) is 5.32 Å². The molecular weight excluding hydrogens is 342 g/mol. The lowest BCUT2D eigenvalue weighted by atomic mass is 9.83. The molecule has 3 nitrogen and oxygen atoms in total. The van der Waals surface area contributed by atoms with Crippen LogP contribution in [0.4, 0.5) is 11.4 Å². The van der Waals surface area contributed by atoms with Gasteiger partial charge in [-0.3, -0.25) is 0 Å². The van der Waals surface area contributed by atoms with Crippen molar-refractivity contribution in [2.45, 2.75) is 51.1 Å². The highest BCUT2D eigenvalue weighted by Crippen LogP contribution is 2.41. The topological polar surface area (TPSA) is 36.4 Å². The number of amidine groups is 1. The third kappa shape index (κ3) is 3.59. The smallest absolute Gasteiger partial charge is 0.128 e. The maximum atomic E-state index is 6.15. The molecule has 2 aromatic rings. The maximum Gasteiger partial charge on any atom is 0.128 e. The largest absolute Gasteiger partial charge is 0.371 e. The van der Waals surface area contributed by atoms with E-state index in [1.54, 1.807) is 0 Å². The number of para-hydroxylation sites is 2. The van der Waals surface area contributed by atoms with Gasteiger partial charge in [-0.15, -0.1) is 0 Å². The first kappa shape index (κ1) is 17.4. The Hall–Kier alpha value is -2.00. The summed E-state index contributed by atoms with van der Waals surface area (Å²) < 4.78 is 0. The van der Waals surface area contributed by atoms with Crippen molar-refractivity contribution in [2.24, 2.45) is 10.9 Å². The van der Waals surface area contributed by atoms with Gasteiger partial charge in [-0.1, -0.05) is 62.1 Å². The maximum absolute atomic E-state index is 6.15. The lowest BCUT2D eigenvalue weighted by Crippen LogP contribution is -2.54. The lowest BCUT2D eigenvalue weighted by Gasteiger charge is -2.41. The lowest BCUT2D eigenvalue weighted by molar-refractivity contribution is 0.431. The summed E-state index contributed by atoms with van der Waals surface area (Å²) in [6.07, 6.45) is 6.06. The van der Waals surface area contributed by atoms with E-state index >= 15 is 0 Å². The summed E-state index contributed by atoms with van der Waals surface area (Å²) in [4.78, 5) is 5.05. The molecule has 1 aliphatic heterocycles. The first-order valence-corrected chi connectivity index (χ1v) is 9.97. The Labute approximate surface area is 160 Å². The van der Waals surface area contributed by atoms with Crippen LogP contribution in [0.25, 0.3) is 0 Å². The second kappa shape index (κ2) is 7.32. The summed E-state index contributed by atoms with van der Waals surface area (Å²) >= 11 is 6.15. The molecule has 136 valence electrons. The molecule has 26 heavy (non-hydrogen) atoms. The molecule has 2 aliphatic rings. The molecule has 2 aromatic carbocycles. The molecule has 2 N–H and O–H groups in total. The highest BCUT2D eigenvalue weighted by atomic mass is 35.5. The van der Waals surface area contributed by atoms with Gasteiger partial charge in [0.05, 0.1) is 16.9 Å². The first-order valence-electron chi connectivity index (χ1n) is 9.59. The van der Waals surface area contributed by atoms with E-state index in [4.69, 9.17) is 16.6 Å². The van der Waals surface area contributed by atoms with Crippen LogP contribution in [0, 0.1) is 5.92 Å². The Balaban J connectivity index is 1.66. The zero-order valence-electron chi connectivity index (χ0n) is 15.3. The Morgan fingerprint density at radius 1 is 1.19 bits per heavy atom. The highest BCUT2D eigenvalue weighted by Gasteiger charge is 2.41. The van der Waals surface area contributed by atoms with Crippen molar-refractivity contribution in [3.8, 4) is 0 Å². The summed E-state index contributed by atoms with van der Waals surface area (Å²) in [6.45, 7) is 3.10. The molecule has 0 aromatic heterocycles. The number of benzene rings is 2. The molecule has 0 radical (unpaired) electrons. The Bertz CT molecular complexity index is 817. The van der Waals surface area contributed by atoms with Crippen molar-refractivity contribution in [3.05, 3.63) is 59.1 Å². The number of nitrogens with one attached hydrogen (secondary N) is 2. The van der Waals surface area contributed by atoms with E-state index < -0.39 is 0 Å². The van der Waals surface area contributed by atoms with E-state index in [-0.39, 0.29) is 5.54 Å². The molecule has 1 aliphatic carbocycles. The number of hydrogen-bond acceptors (Lipinski definition) is 3. The Kier molecular flexibility index (Phi) is 4.90. The normalized spacial score (nSPS) is 25.0. The third-order valence-corrected chi connectivity index (χ3v) is 5.80. The molecule has 0 amide bonds. The standard InChI is InChI=1S/C22H26ClN3/c1-16-7-4-5-12-22(14-16)21(24-15-17-8-6-9-18(23)13-17)25-19-10-2-3-11-20(19)26-22/h2-3,6,8-11,13,16,26H,4-5,7,12,14-15H2,1H3,(H,24,25). The number of rotatable bonds is 2. The van der Waals surface area contributed by atoms with Crippen LogP contribution in [0.15, 0.2) is 53.5 Å². The summed E-state index contributed by atoms with van der Waals surface area (Å²) in [5.74, 6) is 1.76. The van der Waals surface area contributed by atoms with Gasteiger partial charge in [0.1, 0.15) is 5.84 Å². The van der Waals surface area contributed by atoms with Gasteiger partial charge < -0.3 is 10.6 Å². The van der Waals surface area contributed by atoms with Gasteiger partial charge in [0.15, 0.2) is 0 Å². The molecule has 1 spiro atoms. The van der Waals surface area contributed by atoms with E-state index in [1.165, 1.54) is 24.8 Å². The summed E-state index contributed by atoms with van der Waals surface area (Å²) in [7, 11) is 0. The summed E-state index contributed by atoms with van der Waals surface area (Å²) in [5, 5.41) is 8.28. The molecule has 4 rings (SSSR count). The van der Waals surface area contributed by atoms with Crippen molar-refractivity contribution < 1.29 is 0 Å². The summed E-state index contributed by atoms with van der Waals surface area (Å²) in [6, 6.07) is 16.4. The van der Waals surface area contributed by atoms with Gasteiger partial charge in [0.2, 0.25) is 0 Å². The predicted molar refractivity (Wildman–Crippen MR) is 110 cm³/mol. The van der Waals surface area contributed by atoms with Crippen molar-refractivity contribution in [3.63, 3.8) is 0 Å². The zero-order valence-corrected chi connectivity index (χ0v) is 16.0. The highest BCUT2D eigenvalue weighted by molar-refractivity contribution is 6.30. The molecule has 2 unspecified atom stereocenters. The number of hydrogen-bond donors (Lipinski definition) is 2. The van der Waals surface area contributed by atoms with Crippen LogP contribution in [-0.4, -0.2) is 11.4 Å². The van der Waals surface area contributed by atoms with E-state index in [2.05, 4.69) is 41.8 Å². The van der Waals surface area contributed by atoms with Gasteiger partial charge in [-0.05, 0) is 48.6 Å². The number of anilines is 1. The van der Waals surface area contributed by atoms with Gasteiger partial charge in [0, 0.05) is 11.6 Å². The molecule has 0 bridgehead atoms. The summed E-state index contributed by atoms with van der Waals surface area (Å²) in [5.41, 5.74) is 3.25. The van der Waals surface area contributed by atoms with Crippen molar-refractivity contribution >= 4 is 28.8 Å². The monoisotopic (exact) mass is 367 g/mol. The number of nitrogens with zero attached hydrogens (tertiary/aromatic N) is 1. The molecule has 4 heteroatoms. The zero-order chi connectivity index (χ0) is 18.0. The van der Waals surface area contributed by atoms with E-state index in [1.807, 2.05) is 24.3 Å². The second-order valence-corrected chi connectivity index (χ2v) is 8.16.